The molecule has 19 heavy (non-hydrogen) atoms. The molecule has 1 aliphatic carbocycles. The molecule has 0 aromatic carbocycles. The standard InChI is InChI=1S/C14H20BrClN2S/c1-18-6-2-3-9(8-17-10-4-5-10)13(18)12-7-11(15)14(16)19-12/h7,9-10,13,17H,2-6,8H2,1H3. The van der Waals surface area contributed by atoms with Crippen LogP contribution in [0, 0.1) is 5.92 Å². The van der Waals surface area contributed by atoms with Crippen LogP contribution in [0.3, 0.4) is 0 Å². The van der Waals surface area contributed by atoms with Crippen molar-refractivity contribution < 1.29 is 0 Å². The second-order valence-corrected chi connectivity index (χ2v) is 8.32. The fraction of sp³-hybridized carbons (Fsp3) is 0.714. The van der Waals surface area contributed by atoms with Crippen molar-refractivity contribution in [3.63, 3.8) is 0 Å². The van der Waals surface area contributed by atoms with Crippen LogP contribution in [0.1, 0.15) is 36.6 Å². The molecule has 1 N–H and O–H groups in total. The van der Waals surface area contributed by atoms with Crippen molar-refractivity contribution in [1.82, 2.24) is 10.2 Å². The van der Waals surface area contributed by atoms with E-state index < -0.39 is 0 Å². The van der Waals surface area contributed by atoms with E-state index in [1.807, 2.05) is 0 Å². The van der Waals surface area contributed by atoms with E-state index in [2.05, 4.69) is 39.3 Å². The highest BCUT2D eigenvalue weighted by Crippen LogP contribution is 2.42. The highest BCUT2D eigenvalue weighted by molar-refractivity contribution is 9.10. The van der Waals surface area contributed by atoms with Gasteiger partial charge in [-0.25, -0.2) is 0 Å². The molecule has 2 heterocycles. The number of rotatable bonds is 4. The molecule has 3 rings (SSSR count). The summed E-state index contributed by atoms with van der Waals surface area (Å²) in [4.78, 5) is 3.90. The van der Waals surface area contributed by atoms with E-state index in [1.165, 1.54) is 37.1 Å². The number of piperidine rings is 1. The Balaban J connectivity index is 1.75. The molecule has 1 saturated carbocycles. The van der Waals surface area contributed by atoms with Crippen LogP contribution >= 0.6 is 38.9 Å². The van der Waals surface area contributed by atoms with Gasteiger partial charge in [-0.2, -0.15) is 0 Å². The fourth-order valence-corrected chi connectivity index (χ4v) is 5.03. The maximum absolute atomic E-state index is 6.22. The van der Waals surface area contributed by atoms with Crippen molar-refractivity contribution in [1.29, 1.82) is 0 Å². The summed E-state index contributed by atoms with van der Waals surface area (Å²) in [6.45, 7) is 2.34. The molecular formula is C14H20BrClN2S. The van der Waals surface area contributed by atoms with Gasteiger partial charge in [0.15, 0.2) is 0 Å². The van der Waals surface area contributed by atoms with Crippen molar-refractivity contribution in [2.75, 3.05) is 20.1 Å². The Morgan fingerprint density at radius 3 is 2.89 bits per heavy atom. The number of halogens is 2. The van der Waals surface area contributed by atoms with Crippen LogP contribution in [0.2, 0.25) is 4.34 Å². The van der Waals surface area contributed by atoms with E-state index in [0.717, 1.165) is 21.4 Å². The Kier molecular flexibility index (Phi) is 4.54. The number of hydrogen-bond donors (Lipinski definition) is 1. The Morgan fingerprint density at radius 2 is 2.26 bits per heavy atom. The monoisotopic (exact) mass is 362 g/mol. The third kappa shape index (κ3) is 3.35. The fourth-order valence-electron chi connectivity index (χ4n) is 3.04. The highest BCUT2D eigenvalue weighted by atomic mass is 79.9. The van der Waals surface area contributed by atoms with Crippen LogP contribution in [-0.4, -0.2) is 31.1 Å². The molecule has 2 atom stereocenters. The molecule has 0 radical (unpaired) electrons. The molecule has 1 aromatic heterocycles. The minimum absolute atomic E-state index is 0.522. The van der Waals surface area contributed by atoms with Gasteiger partial charge in [-0.15, -0.1) is 11.3 Å². The third-order valence-electron chi connectivity index (χ3n) is 4.21. The third-order valence-corrected chi connectivity index (χ3v) is 6.75. The molecule has 0 amide bonds. The molecule has 5 heteroatoms. The largest absolute Gasteiger partial charge is 0.314 e. The van der Waals surface area contributed by atoms with Gasteiger partial charge in [-0.3, -0.25) is 4.90 Å². The number of hydrogen-bond acceptors (Lipinski definition) is 3. The number of nitrogens with zero attached hydrogens (tertiary/aromatic N) is 1. The zero-order chi connectivity index (χ0) is 13.4. The summed E-state index contributed by atoms with van der Waals surface area (Å²) in [5.74, 6) is 0.709. The first-order valence-corrected chi connectivity index (χ1v) is 9.02. The minimum Gasteiger partial charge on any atom is -0.314 e. The molecule has 0 bridgehead atoms. The van der Waals surface area contributed by atoms with Crippen LogP contribution in [0.5, 0.6) is 0 Å². The van der Waals surface area contributed by atoms with Gasteiger partial charge in [0.25, 0.3) is 0 Å². The van der Waals surface area contributed by atoms with Gasteiger partial charge < -0.3 is 5.32 Å². The Hall–Kier alpha value is 0.390. The van der Waals surface area contributed by atoms with Crippen LogP contribution in [0.25, 0.3) is 0 Å². The average molecular weight is 364 g/mol. The Bertz CT molecular complexity index is 427. The van der Waals surface area contributed by atoms with Crippen molar-refractivity contribution in [3.8, 4) is 0 Å². The summed E-state index contributed by atoms with van der Waals surface area (Å²) >= 11 is 11.5. The van der Waals surface area contributed by atoms with E-state index in [0.29, 0.717) is 12.0 Å². The minimum atomic E-state index is 0.522. The second-order valence-electron chi connectivity index (χ2n) is 5.78. The number of likely N-dealkylation sites (tertiary alicyclic amines) is 1. The van der Waals surface area contributed by atoms with Crippen molar-refractivity contribution >= 4 is 38.9 Å². The lowest BCUT2D eigenvalue weighted by Crippen LogP contribution is -2.40. The van der Waals surface area contributed by atoms with Crippen molar-refractivity contribution in [2.45, 2.75) is 37.8 Å². The molecule has 1 aromatic rings. The van der Waals surface area contributed by atoms with E-state index in [-0.39, 0.29) is 0 Å². The van der Waals surface area contributed by atoms with Gasteiger partial charge >= 0.3 is 0 Å². The van der Waals surface area contributed by atoms with Gasteiger partial charge in [0.2, 0.25) is 0 Å². The van der Waals surface area contributed by atoms with Crippen LogP contribution in [-0.2, 0) is 0 Å². The summed E-state index contributed by atoms with van der Waals surface area (Å²) in [6.07, 6.45) is 5.36. The average Bonchev–Trinajstić information content (AvgIpc) is 3.14. The van der Waals surface area contributed by atoms with Gasteiger partial charge in [0, 0.05) is 28.0 Å². The quantitative estimate of drug-likeness (QED) is 0.858. The van der Waals surface area contributed by atoms with E-state index in [4.69, 9.17) is 11.6 Å². The zero-order valence-electron chi connectivity index (χ0n) is 11.2. The number of thiophene rings is 1. The summed E-state index contributed by atoms with van der Waals surface area (Å²) in [5.41, 5.74) is 0. The summed E-state index contributed by atoms with van der Waals surface area (Å²) in [5, 5.41) is 3.70. The lowest BCUT2D eigenvalue weighted by Gasteiger charge is -2.39. The molecule has 2 aliphatic rings. The number of nitrogens with one attached hydrogen (secondary N) is 1. The van der Waals surface area contributed by atoms with Gasteiger partial charge in [0.05, 0.1) is 0 Å². The smallest absolute Gasteiger partial charge is 0.107 e. The normalized spacial score (nSPS) is 28.8. The van der Waals surface area contributed by atoms with Gasteiger partial charge in [-0.1, -0.05) is 11.6 Å². The van der Waals surface area contributed by atoms with E-state index in [1.54, 1.807) is 11.3 Å². The first-order chi connectivity index (χ1) is 9.15. The van der Waals surface area contributed by atoms with E-state index in [9.17, 15) is 0 Å². The predicted molar refractivity (Wildman–Crippen MR) is 86.1 cm³/mol. The van der Waals surface area contributed by atoms with Gasteiger partial charge in [0.1, 0.15) is 4.34 Å². The van der Waals surface area contributed by atoms with E-state index >= 15 is 0 Å². The van der Waals surface area contributed by atoms with Crippen LogP contribution in [0.4, 0.5) is 0 Å². The zero-order valence-corrected chi connectivity index (χ0v) is 14.3. The summed E-state index contributed by atoms with van der Waals surface area (Å²) in [6, 6.07) is 3.53. The summed E-state index contributed by atoms with van der Waals surface area (Å²) in [7, 11) is 2.25. The molecule has 1 saturated heterocycles. The van der Waals surface area contributed by atoms with Gasteiger partial charge in [-0.05, 0) is 67.2 Å². The second kappa shape index (κ2) is 6.02. The lowest BCUT2D eigenvalue weighted by molar-refractivity contribution is 0.122. The molecule has 1 aliphatic heterocycles. The maximum atomic E-state index is 6.22. The molecule has 106 valence electrons. The molecular weight excluding hydrogens is 344 g/mol. The van der Waals surface area contributed by atoms with Crippen molar-refractivity contribution in [3.05, 3.63) is 19.8 Å². The Morgan fingerprint density at radius 1 is 1.47 bits per heavy atom. The molecule has 2 nitrogen and oxygen atoms in total. The molecule has 2 fully saturated rings. The van der Waals surface area contributed by atoms with Crippen molar-refractivity contribution in [2.24, 2.45) is 5.92 Å². The predicted octanol–water partition coefficient (Wildman–Crippen LogP) is 4.30. The van der Waals surface area contributed by atoms with Crippen LogP contribution < -0.4 is 5.32 Å². The topological polar surface area (TPSA) is 15.3 Å². The van der Waals surface area contributed by atoms with Crippen LogP contribution in [0.15, 0.2) is 10.5 Å². The molecule has 2 unspecified atom stereocenters. The summed E-state index contributed by atoms with van der Waals surface area (Å²) < 4.78 is 1.92. The molecule has 0 spiro atoms. The maximum Gasteiger partial charge on any atom is 0.107 e. The Labute approximate surface area is 132 Å². The highest BCUT2D eigenvalue weighted by Gasteiger charge is 2.33. The first-order valence-electron chi connectivity index (χ1n) is 7.03. The SMILES string of the molecule is CN1CCCC(CNC2CC2)C1c1cc(Br)c(Cl)s1. The first kappa shape index (κ1) is 14.3. The lowest BCUT2D eigenvalue weighted by atomic mass is 9.88.